The van der Waals surface area contributed by atoms with Gasteiger partial charge in [-0.2, -0.15) is 17.0 Å². The Morgan fingerprint density at radius 1 is 1.19 bits per heavy atom. The van der Waals surface area contributed by atoms with E-state index in [0.717, 1.165) is 6.42 Å². The van der Waals surface area contributed by atoms with E-state index in [-0.39, 0.29) is 12.0 Å². The second kappa shape index (κ2) is 7.40. The largest absolute Gasteiger partial charge is 0.396 e. The third-order valence-electron chi connectivity index (χ3n) is 3.70. The molecule has 0 aromatic carbocycles. The summed E-state index contributed by atoms with van der Waals surface area (Å²) in [7, 11) is -3.44. The summed E-state index contributed by atoms with van der Waals surface area (Å²) in [5.41, 5.74) is -0.102. The maximum absolute atomic E-state index is 12.9. The molecule has 1 heterocycles. The molecule has 0 bridgehead atoms. The highest BCUT2D eigenvalue weighted by Gasteiger charge is 2.36. The first-order valence-corrected chi connectivity index (χ1v) is 9.32. The van der Waals surface area contributed by atoms with E-state index in [1.54, 1.807) is 8.61 Å². The Bertz CT molecular complexity index is 407. The highest BCUT2D eigenvalue weighted by Crippen LogP contribution is 2.26. The third-order valence-corrected chi connectivity index (χ3v) is 5.62. The van der Waals surface area contributed by atoms with Gasteiger partial charge in [0.15, 0.2) is 0 Å². The molecule has 6 heteroatoms. The lowest BCUT2D eigenvalue weighted by atomic mass is 9.94. The number of aliphatic hydroxyl groups is 1. The van der Waals surface area contributed by atoms with Gasteiger partial charge in [-0.25, -0.2) is 0 Å². The van der Waals surface area contributed by atoms with Gasteiger partial charge >= 0.3 is 0 Å². The van der Waals surface area contributed by atoms with E-state index in [1.807, 2.05) is 20.8 Å². The molecule has 0 amide bonds. The monoisotopic (exact) mass is 320 g/mol. The number of hydrogen-bond donors (Lipinski definition) is 1. The molecule has 0 saturated carbocycles. The molecule has 0 radical (unpaired) electrons. The summed E-state index contributed by atoms with van der Waals surface area (Å²) in [4.78, 5) is 0. The van der Waals surface area contributed by atoms with Crippen LogP contribution in [0.1, 0.15) is 47.5 Å². The second-order valence-electron chi connectivity index (χ2n) is 7.74. The summed E-state index contributed by atoms with van der Waals surface area (Å²) in [6, 6.07) is 0. The minimum Gasteiger partial charge on any atom is -0.396 e. The Hall–Kier alpha value is -0.170. The quantitative estimate of drug-likeness (QED) is 0.813. The molecule has 1 rings (SSSR count). The molecular formula is C15H32N2O3S. The van der Waals surface area contributed by atoms with E-state index < -0.39 is 10.2 Å². The lowest BCUT2D eigenvalue weighted by Crippen LogP contribution is -2.51. The van der Waals surface area contributed by atoms with E-state index in [1.165, 1.54) is 0 Å². The Morgan fingerprint density at radius 2 is 1.71 bits per heavy atom. The van der Waals surface area contributed by atoms with Crippen LogP contribution in [-0.4, -0.2) is 54.9 Å². The van der Waals surface area contributed by atoms with Crippen LogP contribution in [0, 0.1) is 17.3 Å². The van der Waals surface area contributed by atoms with E-state index in [9.17, 15) is 8.42 Å². The zero-order valence-electron chi connectivity index (χ0n) is 14.2. The van der Waals surface area contributed by atoms with Crippen LogP contribution in [0.3, 0.4) is 0 Å². The van der Waals surface area contributed by atoms with Gasteiger partial charge in [-0.15, -0.1) is 0 Å². The Labute approximate surface area is 130 Å². The zero-order chi connectivity index (χ0) is 16.3. The van der Waals surface area contributed by atoms with Gasteiger partial charge in [-0.1, -0.05) is 34.6 Å². The fourth-order valence-electron chi connectivity index (χ4n) is 3.01. The van der Waals surface area contributed by atoms with Crippen molar-refractivity contribution < 1.29 is 13.5 Å². The molecule has 126 valence electrons. The van der Waals surface area contributed by atoms with Crippen LogP contribution >= 0.6 is 0 Å². The maximum atomic E-state index is 12.9. The molecule has 1 aliphatic rings. The third kappa shape index (κ3) is 5.85. The molecule has 2 unspecified atom stereocenters. The van der Waals surface area contributed by atoms with Crippen LogP contribution in [0.5, 0.6) is 0 Å². The highest BCUT2D eigenvalue weighted by molar-refractivity contribution is 7.86. The van der Waals surface area contributed by atoms with Crippen molar-refractivity contribution >= 4 is 10.2 Å². The first-order chi connectivity index (χ1) is 9.56. The van der Waals surface area contributed by atoms with Gasteiger partial charge < -0.3 is 5.11 Å². The van der Waals surface area contributed by atoms with Crippen molar-refractivity contribution in [2.45, 2.75) is 47.5 Å². The van der Waals surface area contributed by atoms with E-state index in [4.69, 9.17) is 5.11 Å². The molecule has 1 fully saturated rings. The molecule has 0 aliphatic carbocycles. The fraction of sp³-hybridized carbons (Fsp3) is 1.00. The number of piperidine rings is 1. The van der Waals surface area contributed by atoms with E-state index >= 15 is 0 Å². The van der Waals surface area contributed by atoms with Gasteiger partial charge in [0.1, 0.15) is 0 Å². The number of rotatable bonds is 6. The molecule has 5 nitrogen and oxygen atoms in total. The first kappa shape index (κ1) is 18.9. The Kier molecular flexibility index (Phi) is 6.65. The zero-order valence-corrected chi connectivity index (χ0v) is 15.0. The van der Waals surface area contributed by atoms with Crippen molar-refractivity contribution in [2.75, 3.05) is 32.8 Å². The van der Waals surface area contributed by atoms with Crippen molar-refractivity contribution in [3.05, 3.63) is 0 Å². The van der Waals surface area contributed by atoms with Gasteiger partial charge in [-0.05, 0) is 30.1 Å². The number of aliphatic hydroxyl groups excluding tert-OH is 1. The highest BCUT2D eigenvalue weighted by atomic mass is 32.2. The summed E-state index contributed by atoms with van der Waals surface area (Å²) in [6.45, 7) is 12.4. The van der Waals surface area contributed by atoms with Crippen LogP contribution in [-0.2, 0) is 10.2 Å². The van der Waals surface area contributed by atoms with Crippen LogP contribution in [0.25, 0.3) is 0 Å². The first-order valence-electron chi connectivity index (χ1n) is 7.92. The number of hydrogen-bond acceptors (Lipinski definition) is 3. The molecule has 1 aliphatic heterocycles. The second-order valence-corrected chi connectivity index (χ2v) is 9.67. The van der Waals surface area contributed by atoms with Gasteiger partial charge in [0, 0.05) is 32.8 Å². The molecule has 0 spiro atoms. The standard InChI is InChI=1S/C15H32N2O3S/c1-13-9-14(2)11-17(10-13)21(19,20)16(7-6-8-18)12-15(3,4)5/h13-14,18H,6-12H2,1-5H3. The van der Waals surface area contributed by atoms with Gasteiger partial charge in [0.2, 0.25) is 0 Å². The van der Waals surface area contributed by atoms with Crippen molar-refractivity contribution in [1.29, 1.82) is 0 Å². The number of nitrogens with zero attached hydrogens (tertiary/aromatic N) is 2. The fourth-order valence-corrected chi connectivity index (χ4v) is 5.13. The van der Waals surface area contributed by atoms with Crippen molar-refractivity contribution in [1.82, 2.24) is 8.61 Å². The topological polar surface area (TPSA) is 60.9 Å². The molecular weight excluding hydrogens is 288 g/mol. The van der Waals surface area contributed by atoms with Gasteiger partial charge in [-0.3, -0.25) is 0 Å². The summed E-state index contributed by atoms with van der Waals surface area (Å²) in [6.07, 6.45) is 1.57. The maximum Gasteiger partial charge on any atom is 0.282 e. The van der Waals surface area contributed by atoms with Gasteiger partial charge in [0.25, 0.3) is 10.2 Å². The SMILES string of the molecule is CC1CC(C)CN(S(=O)(=O)N(CCCO)CC(C)(C)C)C1. The summed E-state index contributed by atoms with van der Waals surface area (Å²) in [5.74, 6) is 0.802. The average molecular weight is 320 g/mol. The molecule has 0 aromatic heterocycles. The predicted molar refractivity (Wildman–Crippen MR) is 86.2 cm³/mol. The summed E-state index contributed by atoms with van der Waals surface area (Å²) >= 11 is 0. The van der Waals surface area contributed by atoms with Crippen molar-refractivity contribution in [3.63, 3.8) is 0 Å². The van der Waals surface area contributed by atoms with Crippen molar-refractivity contribution in [2.24, 2.45) is 17.3 Å². The van der Waals surface area contributed by atoms with Crippen LogP contribution in [0.4, 0.5) is 0 Å². The van der Waals surface area contributed by atoms with E-state index in [2.05, 4.69) is 13.8 Å². The molecule has 0 aromatic rings. The van der Waals surface area contributed by atoms with Crippen LogP contribution in [0.15, 0.2) is 0 Å². The summed E-state index contributed by atoms with van der Waals surface area (Å²) < 4.78 is 29.0. The minimum absolute atomic E-state index is 0.0168. The smallest absolute Gasteiger partial charge is 0.282 e. The Morgan fingerprint density at radius 3 is 2.14 bits per heavy atom. The van der Waals surface area contributed by atoms with Crippen molar-refractivity contribution in [3.8, 4) is 0 Å². The lowest BCUT2D eigenvalue weighted by Gasteiger charge is -2.38. The van der Waals surface area contributed by atoms with Crippen LogP contribution in [0.2, 0.25) is 0 Å². The average Bonchev–Trinajstić information content (AvgIpc) is 2.31. The normalized spacial score (nSPS) is 25.5. The molecule has 2 atom stereocenters. The molecule has 1 N–H and O–H groups in total. The Balaban J connectivity index is 2.91. The van der Waals surface area contributed by atoms with Crippen LogP contribution < -0.4 is 0 Å². The predicted octanol–water partition coefficient (Wildman–Crippen LogP) is 1.94. The minimum atomic E-state index is -3.44. The summed E-state index contributed by atoms with van der Waals surface area (Å²) in [5, 5.41) is 9.04. The van der Waals surface area contributed by atoms with Gasteiger partial charge in [0.05, 0.1) is 0 Å². The van der Waals surface area contributed by atoms with E-state index in [0.29, 0.717) is 44.4 Å². The lowest BCUT2D eigenvalue weighted by molar-refractivity contribution is 0.191. The molecule has 21 heavy (non-hydrogen) atoms. The molecule has 1 saturated heterocycles.